The third-order valence-electron chi connectivity index (χ3n) is 3.98. The van der Waals surface area contributed by atoms with Crippen LogP contribution in [0.15, 0.2) is 42.5 Å². The van der Waals surface area contributed by atoms with Crippen LogP contribution in [0.2, 0.25) is 0 Å². The Morgan fingerprint density at radius 1 is 1.15 bits per heavy atom. The Bertz CT molecular complexity index is 768. The maximum Gasteiger partial charge on any atom is 0.474 e. The lowest BCUT2D eigenvalue weighted by Gasteiger charge is -2.21. The molecule has 8 heteroatoms. The number of hydrogen-bond donors (Lipinski definition) is 2. The highest BCUT2D eigenvalue weighted by Gasteiger charge is 2.17. The first-order valence-electron chi connectivity index (χ1n) is 8.48. The molecule has 1 aliphatic carbocycles. The van der Waals surface area contributed by atoms with Crippen LogP contribution in [0.25, 0.3) is 10.8 Å². The van der Waals surface area contributed by atoms with Gasteiger partial charge in [-0.2, -0.15) is 0 Å². The molecule has 3 N–H and O–H groups in total. The summed E-state index contributed by atoms with van der Waals surface area (Å²) in [5, 5.41) is 1.69. The van der Waals surface area contributed by atoms with Gasteiger partial charge in [-0.3, -0.25) is 4.79 Å². The zero-order valence-corrected chi connectivity index (χ0v) is 16.0. The number of carbonyl (C=O) groups is 1. The molecule has 0 spiro atoms. The molecule has 142 valence electrons. The molecule has 0 amide bonds. The second-order valence-corrected chi connectivity index (χ2v) is 8.34. The van der Waals surface area contributed by atoms with E-state index in [1.807, 2.05) is 24.3 Å². The SMILES string of the molecule is NCC(=O)OC1CCCCC1.O=P(O)(Cl)Oc1cccc2ccccc12. The minimum atomic E-state index is -4.02. The molecule has 1 unspecified atom stereocenters. The summed E-state index contributed by atoms with van der Waals surface area (Å²) in [4.78, 5) is 19.7. The molecule has 0 radical (unpaired) electrons. The minimum Gasteiger partial charge on any atom is -0.461 e. The summed E-state index contributed by atoms with van der Waals surface area (Å²) in [5.74, 6) is 0.0471. The monoisotopic (exact) mass is 399 g/mol. The van der Waals surface area contributed by atoms with Crippen molar-refractivity contribution in [1.29, 1.82) is 0 Å². The summed E-state index contributed by atoms with van der Waals surface area (Å²) in [5.41, 5.74) is 5.11. The largest absolute Gasteiger partial charge is 0.474 e. The van der Waals surface area contributed by atoms with E-state index in [-0.39, 0.29) is 18.6 Å². The fraction of sp³-hybridized carbons (Fsp3) is 0.389. The van der Waals surface area contributed by atoms with Crippen molar-refractivity contribution in [1.82, 2.24) is 0 Å². The number of halogens is 1. The Kier molecular flexibility index (Phi) is 7.91. The van der Waals surface area contributed by atoms with Crippen LogP contribution >= 0.6 is 18.2 Å². The predicted octanol–water partition coefficient (Wildman–Crippen LogP) is 4.38. The Labute approximate surface area is 157 Å². The number of carbonyl (C=O) groups excluding carboxylic acids is 1. The second-order valence-electron chi connectivity index (χ2n) is 5.97. The van der Waals surface area contributed by atoms with Crippen LogP contribution in [0.1, 0.15) is 32.1 Å². The quantitative estimate of drug-likeness (QED) is 0.584. The van der Waals surface area contributed by atoms with Gasteiger partial charge in [0.25, 0.3) is 0 Å². The Morgan fingerprint density at radius 3 is 2.46 bits per heavy atom. The van der Waals surface area contributed by atoms with Crippen molar-refractivity contribution in [3.05, 3.63) is 42.5 Å². The van der Waals surface area contributed by atoms with E-state index in [9.17, 15) is 9.36 Å². The number of benzene rings is 2. The number of rotatable bonds is 4. The maximum atomic E-state index is 10.9. The summed E-state index contributed by atoms with van der Waals surface area (Å²) in [7, 11) is 0. The summed E-state index contributed by atoms with van der Waals surface area (Å²) in [6, 6.07) is 12.6. The predicted molar refractivity (Wildman–Crippen MR) is 102 cm³/mol. The minimum absolute atomic E-state index is 0.0104. The molecule has 0 bridgehead atoms. The number of hydrogen-bond acceptors (Lipinski definition) is 5. The van der Waals surface area contributed by atoms with Crippen LogP contribution in [-0.4, -0.2) is 23.5 Å². The van der Waals surface area contributed by atoms with Crippen molar-refractivity contribution in [2.24, 2.45) is 5.73 Å². The number of ether oxygens (including phenoxy) is 1. The van der Waals surface area contributed by atoms with Crippen LogP contribution in [0.4, 0.5) is 0 Å². The van der Waals surface area contributed by atoms with Crippen molar-refractivity contribution in [2.45, 2.75) is 38.2 Å². The van der Waals surface area contributed by atoms with Gasteiger partial charge in [0.15, 0.2) is 0 Å². The topological polar surface area (TPSA) is 98.9 Å². The zero-order chi connectivity index (χ0) is 19.0. The molecule has 1 aliphatic rings. The maximum absolute atomic E-state index is 10.9. The molecule has 6 nitrogen and oxygen atoms in total. The summed E-state index contributed by atoms with van der Waals surface area (Å²) in [6.07, 6.45) is 5.83. The fourth-order valence-electron chi connectivity index (χ4n) is 2.81. The van der Waals surface area contributed by atoms with Gasteiger partial charge in [0.05, 0.1) is 6.54 Å². The van der Waals surface area contributed by atoms with Gasteiger partial charge in [0, 0.05) is 16.6 Å². The molecule has 1 fully saturated rings. The smallest absolute Gasteiger partial charge is 0.461 e. The lowest BCUT2D eigenvalue weighted by Crippen LogP contribution is -2.25. The standard InChI is InChI=1S/C10H8ClO3P.C8H15NO2/c11-15(12,13)14-10-7-3-5-8-4-1-2-6-9(8)10;9-6-8(10)11-7-4-2-1-3-5-7/h1-7H,(H,12,13);7H,1-6,9H2. The normalized spacial score (nSPS) is 16.9. The van der Waals surface area contributed by atoms with Gasteiger partial charge in [0.1, 0.15) is 11.9 Å². The average Bonchev–Trinajstić information content (AvgIpc) is 2.62. The fourth-order valence-corrected chi connectivity index (χ4v) is 3.44. The molecule has 1 saturated carbocycles. The Balaban J connectivity index is 0.000000197. The summed E-state index contributed by atoms with van der Waals surface area (Å²) in [6.45, 7) is -4.01. The summed E-state index contributed by atoms with van der Waals surface area (Å²) < 4.78 is 20.8. The van der Waals surface area contributed by atoms with Crippen molar-refractivity contribution in [2.75, 3.05) is 6.54 Å². The van der Waals surface area contributed by atoms with Gasteiger partial charge in [0.2, 0.25) is 0 Å². The Hall–Kier alpha value is -1.59. The van der Waals surface area contributed by atoms with Crippen molar-refractivity contribution < 1.29 is 23.5 Å². The molecule has 0 saturated heterocycles. The zero-order valence-electron chi connectivity index (χ0n) is 14.3. The second kappa shape index (κ2) is 9.93. The van der Waals surface area contributed by atoms with Crippen LogP contribution < -0.4 is 10.3 Å². The molecule has 26 heavy (non-hydrogen) atoms. The highest BCUT2D eigenvalue weighted by atomic mass is 35.7. The Morgan fingerprint density at radius 2 is 1.81 bits per heavy atom. The van der Waals surface area contributed by atoms with Crippen molar-refractivity contribution in [3.8, 4) is 5.75 Å². The molecule has 2 aromatic rings. The van der Waals surface area contributed by atoms with Gasteiger partial charge in [-0.15, -0.1) is 0 Å². The van der Waals surface area contributed by atoms with E-state index in [4.69, 9.17) is 31.1 Å². The third kappa shape index (κ3) is 6.96. The summed E-state index contributed by atoms with van der Waals surface area (Å²) >= 11 is 5.16. The van der Waals surface area contributed by atoms with Gasteiger partial charge in [-0.25, -0.2) is 4.57 Å². The van der Waals surface area contributed by atoms with Crippen LogP contribution in [0.3, 0.4) is 0 Å². The number of esters is 1. The van der Waals surface area contributed by atoms with E-state index >= 15 is 0 Å². The lowest BCUT2D eigenvalue weighted by molar-refractivity contribution is -0.148. The molecule has 2 aromatic carbocycles. The van der Waals surface area contributed by atoms with Gasteiger partial charge < -0.3 is 19.9 Å². The first kappa shape index (κ1) is 20.7. The van der Waals surface area contributed by atoms with Crippen molar-refractivity contribution >= 4 is 34.9 Å². The third-order valence-corrected chi connectivity index (χ3v) is 4.61. The highest BCUT2D eigenvalue weighted by Crippen LogP contribution is 2.48. The van der Waals surface area contributed by atoms with Crippen molar-refractivity contribution in [3.63, 3.8) is 0 Å². The van der Waals surface area contributed by atoms with Crippen LogP contribution in [0.5, 0.6) is 5.75 Å². The van der Waals surface area contributed by atoms with Gasteiger partial charge in [-0.05, 0) is 37.1 Å². The first-order valence-corrected chi connectivity index (χ1v) is 11.0. The molecule has 0 aromatic heterocycles. The number of fused-ring (bicyclic) bond motifs is 1. The van der Waals surface area contributed by atoms with E-state index in [1.54, 1.807) is 18.2 Å². The molecule has 3 rings (SSSR count). The highest BCUT2D eigenvalue weighted by molar-refractivity contribution is 7.80. The van der Waals surface area contributed by atoms with Gasteiger partial charge in [-0.1, -0.05) is 42.8 Å². The molecule has 1 atom stereocenters. The first-order chi connectivity index (χ1) is 12.4. The van der Waals surface area contributed by atoms with Crippen LogP contribution in [-0.2, 0) is 14.1 Å². The van der Waals surface area contributed by atoms with E-state index in [0.717, 1.165) is 23.6 Å². The molecular weight excluding hydrogens is 377 g/mol. The average molecular weight is 400 g/mol. The molecular formula is C18H23ClNO5P. The lowest BCUT2D eigenvalue weighted by atomic mass is 9.98. The van der Waals surface area contributed by atoms with Crippen LogP contribution in [0, 0.1) is 0 Å². The van der Waals surface area contributed by atoms with E-state index in [0.29, 0.717) is 5.75 Å². The molecule has 0 aliphatic heterocycles. The van der Waals surface area contributed by atoms with E-state index < -0.39 is 6.95 Å². The van der Waals surface area contributed by atoms with E-state index in [1.165, 1.54) is 19.3 Å². The molecule has 0 heterocycles. The van der Waals surface area contributed by atoms with Gasteiger partial charge >= 0.3 is 12.9 Å². The number of nitrogens with two attached hydrogens (primary N) is 1. The van der Waals surface area contributed by atoms with E-state index in [2.05, 4.69) is 0 Å².